The molecule has 0 spiro atoms. The lowest BCUT2D eigenvalue weighted by molar-refractivity contribution is 0.412. The molecule has 0 fully saturated rings. The van der Waals surface area contributed by atoms with Crippen LogP contribution < -0.4 is 16.0 Å². The minimum absolute atomic E-state index is 0.224. The summed E-state index contributed by atoms with van der Waals surface area (Å²) in [6, 6.07) is 8.29. The van der Waals surface area contributed by atoms with Gasteiger partial charge in [-0.25, -0.2) is 0 Å². The van der Waals surface area contributed by atoms with Gasteiger partial charge in [0.1, 0.15) is 5.75 Å². The van der Waals surface area contributed by atoms with Crippen molar-refractivity contribution < 1.29 is 4.74 Å². The molecule has 0 aliphatic heterocycles. The number of unbranched alkanes of at least 4 members (excludes halogenated alkanes) is 2. The van der Waals surface area contributed by atoms with E-state index >= 15 is 0 Å². The number of nitrogens with two attached hydrogens (primary N) is 1. The van der Waals surface area contributed by atoms with Crippen molar-refractivity contribution in [1.29, 1.82) is 0 Å². The zero-order valence-electron chi connectivity index (χ0n) is 10.2. The first-order valence-electron chi connectivity index (χ1n) is 5.92. The highest BCUT2D eigenvalue weighted by Gasteiger charge is 2.09. The van der Waals surface area contributed by atoms with Gasteiger partial charge >= 0.3 is 0 Å². The minimum Gasteiger partial charge on any atom is -0.497 e. The molecular weight excluding hydrogens is 200 g/mol. The van der Waals surface area contributed by atoms with Crippen molar-refractivity contribution in [2.75, 3.05) is 7.11 Å². The average Bonchev–Trinajstić information content (AvgIpc) is 2.35. The normalized spacial score (nSPS) is 12.4. The van der Waals surface area contributed by atoms with Gasteiger partial charge in [0.25, 0.3) is 0 Å². The predicted molar refractivity (Wildman–Crippen MR) is 67.2 cm³/mol. The molecule has 0 bridgehead atoms. The van der Waals surface area contributed by atoms with Crippen LogP contribution in [0, 0.1) is 0 Å². The Kier molecular flexibility index (Phi) is 5.90. The lowest BCUT2D eigenvalue weighted by atomic mass is 10.0. The van der Waals surface area contributed by atoms with E-state index in [1.807, 2.05) is 18.2 Å². The van der Waals surface area contributed by atoms with Crippen molar-refractivity contribution in [3.8, 4) is 5.75 Å². The van der Waals surface area contributed by atoms with Gasteiger partial charge in [0.05, 0.1) is 7.11 Å². The Balaban J connectivity index is 2.62. The summed E-state index contributed by atoms with van der Waals surface area (Å²) in [5, 5.41) is 0. The zero-order valence-corrected chi connectivity index (χ0v) is 10.2. The number of ether oxygens (including phenoxy) is 1. The molecule has 1 aromatic rings. The number of hydrogen-bond acceptors (Lipinski definition) is 3. The summed E-state index contributed by atoms with van der Waals surface area (Å²) in [4.78, 5) is 0. The van der Waals surface area contributed by atoms with E-state index in [0.717, 1.165) is 12.2 Å². The summed E-state index contributed by atoms with van der Waals surface area (Å²) in [7, 11) is 1.68. The molecule has 3 nitrogen and oxygen atoms in total. The van der Waals surface area contributed by atoms with E-state index in [4.69, 9.17) is 10.6 Å². The van der Waals surface area contributed by atoms with E-state index < -0.39 is 0 Å². The fourth-order valence-corrected chi connectivity index (χ4v) is 1.80. The first kappa shape index (κ1) is 13.0. The number of rotatable bonds is 7. The molecule has 0 radical (unpaired) electrons. The Morgan fingerprint density at radius 1 is 1.38 bits per heavy atom. The van der Waals surface area contributed by atoms with Gasteiger partial charge in [0.15, 0.2) is 0 Å². The maximum absolute atomic E-state index is 5.59. The van der Waals surface area contributed by atoms with Crippen molar-refractivity contribution in [3.05, 3.63) is 29.8 Å². The molecule has 0 aromatic heterocycles. The predicted octanol–water partition coefficient (Wildman–Crippen LogP) is 2.78. The van der Waals surface area contributed by atoms with Gasteiger partial charge in [0.2, 0.25) is 0 Å². The Morgan fingerprint density at radius 2 is 2.19 bits per heavy atom. The lowest BCUT2D eigenvalue weighted by Gasteiger charge is -2.16. The third-order valence-corrected chi connectivity index (χ3v) is 2.79. The van der Waals surface area contributed by atoms with Crippen molar-refractivity contribution in [1.82, 2.24) is 5.43 Å². The molecule has 0 aliphatic rings. The number of benzene rings is 1. The van der Waals surface area contributed by atoms with Crippen LogP contribution in [0.5, 0.6) is 5.75 Å². The molecule has 3 heteroatoms. The highest BCUT2D eigenvalue weighted by Crippen LogP contribution is 2.22. The van der Waals surface area contributed by atoms with Crippen LogP contribution >= 0.6 is 0 Å². The maximum atomic E-state index is 5.59. The minimum atomic E-state index is 0.224. The maximum Gasteiger partial charge on any atom is 0.119 e. The summed E-state index contributed by atoms with van der Waals surface area (Å²) >= 11 is 0. The molecule has 0 aliphatic carbocycles. The Hall–Kier alpha value is -1.06. The zero-order chi connectivity index (χ0) is 11.8. The summed E-state index contributed by atoms with van der Waals surface area (Å²) < 4.78 is 5.21. The largest absolute Gasteiger partial charge is 0.497 e. The van der Waals surface area contributed by atoms with Crippen LogP contribution in [-0.4, -0.2) is 7.11 Å². The van der Waals surface area contributed by atoms with Crippen LogP contribution in [0.3, 0.4) is 0 Å². The fraction of sp³-hybridized carbons (Fsp3) is 0.538. The van der Waals surface area contributed by atoms with E-state index in [0.29, 0.717) is 0 Å². The molecular formula is C13H22N2O. The Labute approximate surface area is 98.0 Å². The third kappa shape index (κ3) is 3.83. The van der Waals surface area contributed by atoms with E-state index in [1.165, 1.54) is 24.8 Å². The summed E-state index contributed by atoms with van der Waals surface area (Å²) in [5.74, 6) is 6.47. The average molecular weight is 222 g/mol. The summed E-state index contributed by atoms with van der Waals surface area (Å²) in [6.45, 7) is 2.20. The van der Waals surface area contributed by atoms with Crippen LogP contribution in [0.4, 0.5) is 0 Å². The standard InChI is InChI=1S/C13H22N2O/c1-3-4-5-9-13(15-14)11-7-6-8-12(10-11)16-2/h6-8,10,13,15H,3-5,9,14H2,1-2H3. The van der Waals surface area contributed by atoms with Crippen LogP contribution in [0.1, 0.15) is 44.2 Å². The molecule has 90 valence electrons. The molecule has 1 aromatic carbocycles. The second kappa shape index (κ2) is 7.25. The van der Waals surface area contributed by atoms with Gasteiger partial charge in [-0.05, 0) is 24.1 Å². The first-order valence-corrected chi connectivity index (χ1v) is 5.92. The fourth-order valence-electron chi connectivity index (χ4n) is 1.80. The van der Waals surface area contributed by atoms with Gasteiger partial charge in [-0.15, -0.1) is 0 Å². The van der Waals surface area contributed by atoms with Crippen LogP contribution in [0.2, 0.25) is 0 Å². The molecule has 3 N–H and O–H groups in total. The second-order valence-corrected chi connectivity index (χ2v) is 3.99. The molecule has 16 heavy (non-hydrogen) atoms. The Morgan fingerprint density at radius 3 is 2.81 bits per heavy atom. The van der Waals surface area contributed by atoms with Crippen LogP contribution in [-0.2, 0) is 0 Å². The van der Waals surface area contributed by atoms with Gasteiger partial charge in [-0.3, -0.25) is 11.3 Å². The SMILES string of the molecule is CCCCCC(NN)c1cccc(OC)c1. The summed E-state index contributed by atoms with van der Waals surface area (Å²) in [5.41, 5.74) is 4.07. The smallest absolute Gasteiger partial charge is 0.119 e. The van der Waals surface area contributed by atoms with Gasteiger partial charge in [-0.2, -0.15) is 0 Å². The highest BCUT2D eigenvalue weighted by molar-refractivity contribution is 5.30. The molecule has 0 saturated carbocycles. The van der Waals surface area contributed by atoms with Crippen molar-refractivity contribution in [3.63, 3.8) is 0 Å². The highest BCUT2D eigenvalue weighted by atomic mass is 16.5. The molecule has 1 unspecified atom stereocenters. The van der Waals surface area contributed by atoms with Gasteiger partial charge < -0.3 is 4.74 Å². The second-order valence-electron chi connectivity index (χ2n) is 3.99. The van der Waals surface area contributed by atoms with E-state index in [1.54, 1.807) is 7.11 Å². The summed E-state index contributed by atoms with van der Waals surface area (Å²) in [6.07, 6.45) is 4.75. The van der Waals surface area contributed by atoms with E-state index in [2.05, 4.69) is 18.4 Å². The molecule has 0 amide bonds. The molecule has 0 heterocycles. The van der Waals surface area contributed by atoms with E-state index in [9.17, 15) is 0 Å². The molecule has 1 atom stereocenters. The number of hydrogen-bond donors (Lipinski definition) is 2. The Bertz CT molecular complexity index is 302. The van der Waals surface area contributed by atoms with Gasteiger partial charge in [-0.1, -0.05) is 38.3 Å². The molecule has 0 saturated heterocycles. The van der Waals surface area contributed by atoms with Crippen molar-refractivity contribution in [2.24, 2.45) is 5.84 Å². The quantitative estimate of drug-likeness (QED) is 0.423. The van der Waals surface area contributed by atoms with Crippen LogP contribution in [0.15, 0.2) is 24.3 Å². The number of hydrazine groups is 1. The first-order chi connectivity index (χ1) is 7.81. The number of methoxy groups -OCH3 is 1. The van der Waals surface area contributed by atoms with E-state index in [-0.39, 0.29) is 6.04 Å². The monoisotopic (exact) mass is 222 g/mol. The third-order valence-electron chi connectivity index (χ3n) is 2.79. The topological polar surface area (TPSA) is 47.3 Å². The van der Waals surface area contributed by atoms with Gasteiger partial charge in [0, 0.05) is 6.04 Å². The van der Waals surface area contributed by atoms with Crippen molar-refractivity contribution in [2.45, 2.75) is 38.6 Å². The molecule has 1 rings (SSSR count). The van der Waals surface area contributed by atoms with Crippen LogP contribution in [0.25, 0.3) is 0 Å². The lowest BCUT2D eigenvalue weighted by Crippen LogP contribution is -2.27. The number of nitrogens with one attached hydrogen (secondary N) is 1. The van der Waals surface area contributed by atoms with Crippen molar-refractivity contribution >= 4 is 0 Å².